The van der Waals surface area contributed by atoms with Crippen molar-refractivity contribution >= 4 is 11.8 Å². The fraction of sp³-hybridized carbons (Fsp3) is 0.429. The first kappa shape index (κ1) is 14.2. The van der Waals surface area contributed by atoms with Crippen LogP contribution in [0.2, 0.25) is 0 Å². The Morgan fingerprint density at radius 2 is 1.89 bits per heavy atom. The maximum atomic E-state index is 11.8. The molecule has 18 heavy (non-hydrogen) atoms. The quantitative estimate of drug-likeness (QED) is 0.892. The van der Waals surface area contributed by atoms with Crippen molar-refractivity contribution in [2.24, 2.45) is 0 Å². The van der Waals surface area contributed by atoms with Gasteiger partial charge in [-0.2, -0.15) is 0 Å². The van der Waals surface area contributed by atoms with E-state index in [0.717, 1.165) is 6.42 Å². The zero-order chi connectivity index (χ0) is 13.8. The number of nitrogens with one attached hydrogen (secondary N) is 1. The van der Waals surface area contributed by atoms with Gasteiger partial charge < -0.3 is 4.74 Å². The van der Waals surface area contributed by atoms with E-state index >= 15 is 0 Å². The molecule has 0 heterocycles. The largest absolute Gasteiger partial charge is 0.487 e. The molecule has 0 aliphatic carbocycles. The van der Waals surface area contributed by atoms with Gasteiger partial charge in [-0.05, 0) is 32.4 Å². The summed E-state index contributed by atoms with van der Waals surface area (Å²) in [6.07, 6.45) is 0.815. The van der Waals surface area contributed by atoms with Crippen LogP contribution >= 0.6 is 0 Å². The predicted octanol–water partition coefficient (Wildman–Crippen LogP) is 2.53. The van der Waals surface area contributed by atoms with Gasteiger partial charge in [-0.1, -0.05) is 19.1 Å². The summed E-state index contributed by atoms with van der Waals surface area (Å²) in [6.45, 7) is 7.22. The number of benzene rings is 1. The number of amides is 2. The van der Waals surface area contributed by atoms with Gasteiger partial charge >= 0.3 is 0 Å². The summed E-state index contributed by atoms with van der Waals surface area (Å²) in [4.78, 5) is 22.7. The molecule has 0 saturated heterocycles. The lowest BCUT2D eigenvalue weighted by molar-refractivity contribution is -0.118. The molecule has 2 amide bonds. The third-order valence-electron chi connectivity index (χ3n) is 2.66. The van der Waals surface area contributed by atoms with Crippen molar-refractivity contribution in [3.63, 3.8) is 0 Å². The van der Waals surface area contributed by atoms with Crippen LogP contribution in [0.5, 0.6) is 5.75 Å². The van der Waals surface area contributed by atoms with Crippen LogP contribution in [0.15, 0.2) is 24.3 Å². The highest BCUT2D eigenvalue weighted by molar-refractivity contribution is 6.05. The number of carbonyl (C=O) groups excluding carboxylic acids is 2. The second-order valence-corrected chi connectivity index (χ2v) is 4.72. The average Bonchev–Trinajstić information content (AvgIpc) is 2.28. The molecule has 0 radical (unpaired) electrons. The molecule has 0 aromatic heterocycles. The SMILES string of the molecule is CCC(C)(C)Oc1ccccc1C(=O)NC(C)=O. The van der Waals surface area contributed by atoms with Crippen LogP contribution in [0.3, 0.4) is 0 Å². The van der Waals surface area contributed by atoms with Gasteiger partial charge in [-0.3, -0.25) is 14.9 Å². The molecule has 0 saturated carbocycles. The summed E-state index contributed by atoms with van der Waals surface area (Å²) in [6, 6.07) is 6.90. The fourth-order valence-corrected chi connectivity index (χ4v) is 1.34. The van der Waals surface area contributed by atoms with Crippen molar-refractivity contribution in [2.45, 2.75) is 39.7 Å². The Hall–Kier alpha value is -1.84. The lowest BCUT2D eigenvalue weighted by Crippen LogP contribution is -2.31. The summed E-state index contributed by atoms with van der Waals surface area (Å²) >= 11 is 0. The number of imide groups is 1. The molecule has 0 aliphatic rings. The normalized spacial score (nSPS) is 10.9. The highest BCUT2D eigenvalue weighted by atomic mass is 16.5. The minimum Gasteiger partial charge on any atom is -0.487 e. The Morgan fingerprint density at radius 3 is 2.44 bits per heavy atom. The van der Waals surface area contributed by atoms with Gasteiger partial charge in [0.15, 0.2) is 0 Å². The van der Waals surface area contributed by atoms with Crippen molar-refractivity contribution in [3.8, 4) is 5.75 Å². The Balaban J connectivity index is 2.99. The van der Waals surface area contributed by atoms with Crippen LogP contribution in [-0.4, -0.2) is 17.4 Å². The molecular formula is C14H19NO3. The van der Waals surface area contributed by atoms with E-state index in [-0.39, 0.29) is 11.5 Å². The minimum atomic E-state index is -0.440. The monoisotopic (exact) mass is 249 g/mol. The first-order chi connectivity index (χ1) is 8.35. The maximum absolute atomic E-state index is 11.8. The number of hydrogen-bond acceptors (Lipinski definition) is 3. The smallest absolute Gasteiger partial charge is 0.261 e. The Bertz CT molecular complexity index is 452. The van der Waals surface area contributed by atoms with Crippen molar-refractivity contribution in [2.75, 3.05) is 0 Å². The molecule has 1 aromatic rings. The van der Waals surface area contributed by atoms with Crippen molar-refractivity contribution in [1.29, 1.82) is 0 Å². The van der Waals surface area contributed by atoms with Gasteiger partial charge in [0.25, 0.3) is 5.91 Å². The van der Waals surface area contributed by atoms with Crippen LogP contribution in [0.1, 0.15) is 44.5 Å². The lowest BCUT2D eigenvalue weighted by atomic mass is 10.1. The van der Waals surface area contributed by atoms with Crippen LogP contribution in [0.25, 0.3) is 0 Å². The first-order valence-electron chi connectivity index (χ1n) is 5.95. The molecule has 0 aliphatic heterocycles. The molecule has 4 heteroatoms. The molecule has 1 aromatic carbocycles. The molecule has 1 rings (SSSR count). The van der Waals surface area contributed by atoms with E-state index in [2.05, 4.69) is 5.32 Å². The zero-order valence-corrected chi connectivity index (χ0v) is 11.2. The van der Waals surface area contributed by atoms with Gasteiger partial charge in [-0.15, -0.1) is 0 Å². The first-order valence-corrected chi connectivity index (χ1v) is 5.95. The molecule has 0 atom stereocenters. The maximum Gasteiger partial charge on any atom is 0.261 e. The van der Waals surface area contributed by atoms with E-state index in [0.29, 0.717) is 11.3 Å². The summed E-state index contributed by atoms with van der Waals surface area (Å²) in [5, 5.41) is 2.25. The number of para-hydroxylation sites is 1. The second kappa shape index (κ2) is 5.67. The van der Waals surface area contributed by atoms with Crippen molar-refractivity contribution < 1.29 is 14.3 Å². The molecule has 0 spiro atoms. The summed E-state index contributed by atoms with van der Waals surface area (Å²) in [5.41, 5.74) is 0.0151. The highest BCUT2D eigenvalue weighted by Crippen LogP contribution is 2.24. The molecule has 4 nitrogen and oxygen atoms in total. The number of rotatable bonds is 4. The molecule has 0 bridgehead atoms. The number of carbonyl (C=O) groups is 2. The topological polar surface area (TPSA) is 55.4 Å². The highest BCUT2D eigenvalue weighted by Gasteiger charge is 2.21. The molecular weight excluding hydrogens is 230 g/mol. The van der Waals surface area contributed by atoms with Gasteiger partial charge in [0.1, 0.15) is 11.4 Å². The summed E-state index contributed by atoms with van der Waals surface area (Å²) < 4.78 is 5.81. The number of hydrogen-bond donors (Lipinski definition) is 1. The molecule has 1 N–H and O–H groups in total. The zero-order valence-electron chi connectivity index (χ0n) is 11.2. The number of ether oxygens (including phenoxy) is 1. The third-order valence-corrected chi connectivity index (χ3v) is 2.66. The van der Waals surface area contributed by atoms with E-state index in [1.807, 2.05) is 20.8 Å². The van der Waals surface area contributed by atoms with Gasteiger partial charge in [0.2, 0.25) is 5.91 Å². The lowest BCUT2D eigenvalue weighted by Gasteiger charge is -2.26. The van der Waals surface area contributed by atoms with Crippen molar-refractivity contribution in [1.82, 2.24) is 5.32 Å². The predicted molar refractivity (Wildman–Crippen MR) is 69.6 cm³/mol. The Labute approximate surface area is 107 Å². The average molecular weight is 249 g/mol. The van der Waals surface area contributed by atoms with E-state index in [4.69, 9.17) is 4.74 Å². The van der Waals surface area contributed by atoms with Crippen LogP contribution in [0, 0.1) is 0 Å². The standard InChI is InChI=1S/C14H19NO3/c1-5-14(3,4)18-12-9-7-6-8-11(12)13(17)15-10(2)16/h6-9H,5H2,1-4H3,(H,15,16,17). The van der Waals surface area contributed by atoms with E-state index in [9.17, 15) is 9.59 Å². The van der Waals surface area contributed by atoms with Gasteiger partial charge in [0.05, 0.1) is 5.56 Å². The fourth-order valence-electron chi connectivity index (χ4n) is 1.34. The van der Waals surface area contributed by atoms with Gasteiger partial charge in [-0.25, -0.2) is 0 Å². The Kier molecular flexibility index (Phi) is 4.48. The summed E-state index contributed by atoms with van der Waals surface area (Å²) in [5.74, 6) is -0.336. The third kappa shape index (κ3) is 3.87. The van der Waals surface area contributed by atoms with Gasteiger partial charge in [0, 0.05) is 6.92 Å². The molecule has 0 fully saturated rings. The van der Waals surface area contributed by atoms with E-state index in [1.54, 1.807) is 24.3 Å². The van der Waals surface area contributed by atoms with Crippen LogP contribution in [0.4, 0.5) is 0 Å². The van der Waals surface area contributed by atoms with E-state index < -0.39 is 5.91 Å². The minimum absolute atomic E-state index is 0.355. The Morgan fingerprint density at radius 1 is 1.28 bits per heavy atom. The second-order valence-electron chi connectivity index (χ2n) is 4.72. The molecule has 0 unspecified atom stereocenters. The summed E-state index contributed by atoms with van der Waals surface area (Å²) in [7, 11) is 0. The van der Waals surface area contributed by atoms with Crippen molar-refractivity contribution in [3.05, 3.63) is 29.8 Å². The molecule has 98 valence electrons. The van der Waals surface area contributed by atoms with E-state index in [1.165, 1.54) is 6.92 Å². The van der Waals surface area contributed by atoms with Crippen LogP contribution < -0.4 is 10.1 Å². The van der Waals surface area contributed by atoms with Crippen LogP contribution in [-0.2, 0) is 4.79 Å².